The van der Waals surface area contributed by atoms with Gasteiger partial charge in [-0.1, -0.05) is 0 Å². The van der Waals surface area contributed by atoms with E-state index < -0.39 is 0 Å². The SMILES string of the molecule is Cc1csc(NC(=O)c2cnc(N3CCCCC3)nc2-c2ccncc2)n1. The Morgan fingerprint density at radius 1 is 1.15 bits per heavy atom. The standard InChI is InChI=1S/C19H20N6OS/c1-13-12-27-19(22-13)24-17(26)15-11-21-18(25-9-3-2-4-10-25)23-16(15)14-5-7-20-8-6-14/h5-8,11-12H,2-4,9-10H2,1H3,(H,22,24,26). The maximum atomic E-state index is 12.9. The Morgan fingerprint density at radius 3 is 2.63 bits per heavy atom. The molecule has 0 radical (unpaired) electrons. The van der Waals surface area contributed by atoms with Crippen LogP contribution in [0.3, 0.4) is 0 Å². The highest BCUT2D eigenvalue weighted by molar-refractivity contribution is 7.13. The Kier molecular flexibility index (Phi) is 5.06. The fourth-order valence-corrected chi connectivity index (χ4v) is 3.77. The number of carbonyl (C=O) groups excluding carboxylic acids is 1. The van der Waals surface area contributed by atoms with Crippen molar-refractivity contribution in [3.63, 3.8) is 0 Å². The van der Waals surface area contributed by atoms with Gasteiger partial charge in [0.2, 0.25) is 5.95 Å². The van der Waals surface area contributed by atoms with Gasteiger partial charge in [-0.2, -0.15) is 0 Å². The zero-order valence-corrected chi connectivity index (χ0v) is 15.9. The van der Waals surface area contributed by atoms with Gasteiger partial charge in [-0.3, -0.25) is 15.1 Å². The molecule has 4 rings (SSSR count). The van der Waals surface area contributed by atoms with E-state index >= 15 is 0 Å². The fraction of sp³-hybridized carbons (Fsp3) is 0.316. The van der Waals surface area contributed by atoms with Crippen LogP contribution in [-0.4, -0.2) is 38.9 Å². The summed E-state index contributed by atoms with van der Waals surface area (Å²) in [6, 6.07) is 3.71. The van der Waals surface area contributed by atoms with Crippen LogP contribution < -0.4 is 10.2 Å². The van der Waals surface area contributed by atoms with E-state index in [1.165, 1.54) is 17.8 Å². The van der Waals surface area contributed by atoms with Gasteiger partial charge in [0.15, 0.2) is 5.13 Å². The average molecular weight is 380 g/mol. The Labute approximate surface area is 161 Å². The van der Waals surface area contributed by atoms with Crippen LogP contribution in [0.4, 0.5) is 11.1 Å². The summed E-state index contributed by atoms with van der Waals surface area (Å²) in [6.45, 7) is 3.78. The molecule has 138 valence electrons. The molecule has 1 amide bonds. The number of carbonyl (C=O) groups is 1. The van der Waals surface area contributed by atoms with E-state index in [9.17, 15) is 4.79 Å². The lowest BCUT2D eigenvalue weighted by molar-refractivity contribution is 0.102. The maximum Gasteiger partial charge on any atom is 0.261 e. The van der Waals surface area contributed by atoms with Crippen LogP contribution in [0.15, 0.2) is 36.1 Å². The third kappa shape index (κ3) is 3.95. The minimum atomic E-state index is -0.263. The van der Waals surface area contributed by atoms with Crippen LogP contribution in [0.25, 0.3) is 11.3 Å². The van der Waals surface area contributed by atoms with Gasteiger partial charge < -0.3 is 4.90 Å². The summed E-state index contributed by atoms with van der Waals surface area (Å²) in [4.78, 5) is 32.6. The number of aryl methyl sites for hydroxylation is 1. The molecular formula is C19H20N6OS. The van der Waals surface area contributed by atoms with Crippen LogP contribution >= 0.6 is 11.3 Å². The first-order valence-corrected chi connectivity index (χ1v) is 9.84. The molecule has 0 unspecified atom stereocenters. The zero-order valence-electron chi connectivity index (χ0n) is 15.1. The van der Waals surface area contributed by atoms with Crippen molar-refractivity contribution in [2.45, 2.75) is 26.2 Å². The monoisotopic (exact) mass is 380 g/mol. The number of pyridine rings is 1. The second-order valence-corrected chi connectivity index (χ2v) is 7.32. The zero-order chi connectivity index (χ0) is 18.6. The third-order valence-corrected chi connectivity index (χ3v) is 5.33. The Balaban J connectivity index is 1.70. The van der Waals surface area contributed by atoms with Crippen LogP contribution in [0.1, 0.15) is 35.3 Å². The number of hydrogen-bond donors (Lipinski definition) is 1. The number of aromatic nitrogens is 4. The van der Waals surface area contributed by atoms with E-state index in [0.717, 1.165) is 37.2 Å². The van der Waals surface area contributed by atoms with Gasteiger partial charge in [0.25, 0.3) is 5.91 Å². The Hall–Kier alpha value is -2.87. The van der Waals surface area contributed by atoms with E-state index in [1.807, 2.05) is 24.4 Å². The topological polar surface area (TPSA) is 83.9 Å². The second kappa shape index (κ2) is 7.79. The average Bonchev–Trinajstić information content (AvgIpc) is 3.13. The molecule has 0 bridgehead atoms. The number of piperidine rings is 1. The number of hydrogen-bond acceptors (Lipinski definition) is 7. The van der Waals surface area contributed by atoms with Crippen LogP contribution in [0.5, 0.6) is 0 Å². The highest BCUT2D eigenvalue weighted by atomic mass is 32.1. The summed E-state index contributed by atoms with van der Waals surface area (Å²) < 4.78 is 0. The van der Waals surface area contributed by atoms with Crippen molar-refractivity contribution in [1.82, 2.24) is 19.9 Å². The summed E-state index contributed by atoms with van der Waals surface area (Å²) in [7, 11) is 0. The highest BCUT2D eigenvalue weighted by Gasteiger charge is 2.20. The van der Waals surface area contributed by atoms with Crippen molar-refractivity contribution in [1.29, 1.82) is 0 Å². The molecule has 0 spiro atoms. The predicted octanol–water partition coefficient (Wildman–Crippen LogP) is 3.55. The number of nitrogens with one attached hydrogen (secondary N) is 1. The van der Waals surface area contributed by atoms with Gasteiger partial charge in [0.1, 0.15) is 0 Å². The summed E-state index contributed by atoms with van der Waals surface area (Å²) in [5.41, 5.74) is 2.75. The molecular weight excluding hydrogens is 360 g/mol. The van der Waals surface area contributed by atoms with Crippen molar-refractivity contribution in [2.75, 3.05) is 23.3 Å². The molecule has 0 aliphatic carbocycles. The van der Waals surface area contributed by atoms with Crippen molar-refractivity contribution in [2.24, 2.45) is 0 Å². The first-order chi connectivity index (χ1) is 13.2. The van der Waals surface area contributed by atoms with E-state index in [-0.39, 0.29) is 5.91 Å². The molecule has 3 aromatic heterocycles. The lowest BCUT2D eigenvalue weighted by Crippen LogP contribution is -2.31. The molecule has 1 N–H and O–H groups in total. The molecule has 3 aromatic rings. The highest BCUT2D eigenvalue weighted by Crippen LogP contribution is 2.25. The molecule has 0 saturated carbocycles. The van der Waals surface area contributed by atoms with Crippen LogP contribution in [0.2, 0.25) is 0 Å². The number of thiazole rings is 1. The normalized spacial score (nSPS) is 14.2. The largest absolute Gasteiger partial charge is 0.341 e. The first-order valence-electron chi connectivity index (χ1n) is 8.96. The number of nitrogens with zero attached hydrogens (tertiary/aromatic N) is 5. The lowest BCUT2D eigenvalue weighted by Gasteiger charge is -2.27. The molecule has 8 heteroatoms. The van der Waals surface area contributed by atoms with Gasteiger partial charge >= 0.3 is 0 Å². The summed E-state index contributed by atoms with van der Waals surface area (Å²) in [5, 5.41) is 5.31. The number of anilines is 2. The van der Waals surface area contributed by atoms with Crippen LogP contribution in [-0.2, 0) is 0 Å². The summed E-state index contributed by atoms with van der Waals surface area (Å²) in [6.07, 6.45) is 8.52. The molecule has 0 aromatic carbocycles. The second-order valence-electron chi connectivity index (χ2n) is 6.46. The van der Waals surface area contributed by atoms with Crippen LogP contribution in [0, 0.1) is 6.92 Å². The third-order valence-electron chi connectivity index (χ3n) is 4.45. The van der Waals surface area contributed by atoms with Gasteiger partial charge in [-0.25, -0.2) is 15.0 Å². The predicted molar refractivity (Wildman–Crippen MR) is 106 cm³/mol. The van der Waals surface area contributed by atoms with Gasteiger partial charge in [-0.15, -0.1) is 11.3 Å². The van der Waals surface area contributed by atoms with E-state index in [1.54, 1.807) is 18.6 Å². The maximum absolute atomic E-state index is 12.9. The smallest absolute Gasteiger partial charge is 0.261 e. The van der Waals surface area contributed by atoms with Gasteiger partial charge in [0, 0.05) is 42.6 Å². The Morgan fingerprint density at radius 2 is 1.93 bits per heavy atom. The molecule has 0 atom stereocenters. The van der Waals surface area contributed by atoms with Crippen molar-refractivity contribution in [3.05, 3.63) is 47.4 Å². The molecule has 27 heavy (non-hydrogen) atoms. The van der Waals surface area contributed by atoms with Gasteiger partial charge in [-0.05, 0) is 38.3 Å². The Bertz CT molecular complexity index is 936. The molecule has 7 nitrogen and oxygen atoms in total. The number of amides is 1. The summed E-state index contributed by atoms with van der Waals surface area (Å²) >= 11 is 1.40. The number of rotatable bonds is 4. The fourth-order valence-electron chi connectivity index (χ4n) is 3.09. The molecule has 4 heterocycles. The minimum absolute atomic E-state index is 0.263. The minimum Gasteiger partial charge on any atom is -0.341 e. The van der Waals surface area contributed by atoms with E-state index in [0.29, 0.717) is 22.3 Å². The first kappa shape index (κ1) is 17.5. The molecule has 1 aliphatic heterocycles. The molecule has 1 fully saturated rings. The summed E-state index contributed by atoms with van der Waals surface area (Å²) in [5.74, 6) is 0.407. The quantitative estimate of drug-likeness (QED) is 0.745. The van der Waals surface area contributed by atoms with E-state index in [2.05, 4.69) is 25.2 Å². The lowest BCUT2D eigenvalue weighted by atomic mass is 10.1. The van der Waals surface area contributed by atoms with E-state index in [4.69, 9.17) is 4.98 Å². The van der Waals surface area contributed by atoms with Crippen molar-refractivity contribution >= 4 is 28.3 Å². The van der Waals surface area contributed by atoms with Gasteiger partial charge in [0.05, 0.1) is 17.0 Å². The molecule has 1 saturated heterocycles. The van der Waals surface area contributed by atoms with Crippen molar-refractivity contribution in [3.8, 4) is 11.3 Å². The molecule has 1 aliphatic rings. The van der Waals surface area contributed by atoms with Crippen molar-refractivity contribution < 1.29 is 4.79 Å².